The number of benzene rings is 3. The standard InChI is InChI=1S/C32H32N4O4/c1-4-5-21-36-23(3)30(22(2)35-36)34-31(38)25-15-18-27(19-16-25)33-29(37)20-17-24-11-9-10-14-28(24)40-32(39)26-12-7-6-8-13-26/h6-20H,4-5,21H2,1-3H3,(H,33,37)(H,34,38)/b20-17+. The summed E-state index contributed by atoms with van der Waals surface area (Å²) < 4.78 is 7.45. The molecule has 0 aliphatic carbocycles. The number of unbranched alkanes of at least 4 members (excludes halogenated alkanes) is 1. The number of rotatable bonds is 10. The summed E-state index contributed by atoms with van der Waals surface area (Å²) in [6.45, 7) is 6.76. The van der Waals surface area contributed by atoms with Gasteiger partial charge in [-0.2, -0.15) is 5.10 Å². The van der Waals surface area contributed by atoms with Gasteiger partial charge in [-0.15, -0.1) is 0 Å². The second-order valence-electron chi connectivity index (χ2n) is 9.27. The maximum Gasteiger partial charge on any atom is 0.343 e. The lowest BCUT2D eigenvalue weighted by atomic mass is 10.1. The number of hydrogen-bond acceptors (Lipinski definition) is 5. The first-order valence-electron chi connectivity index (χ1n) is 13.2. The quantitative estimate of drug-likeness (QED) is 0.138. The number of hydrogen-bond donors (Lipinski definition) is 2. The Morgan fingerprint density at radius 3 is 2.30 bits per heavy atom. The van der Waals surface area contributed by atoms with Gasteiger partial charge in [-0.25, -0.2) is 4.79 Å². The molecule has 0 saturated heterocycles. The molecular weight excluding hydrogens is 504 g/mol. The molecule has 0 aliphatic rings. The van der Waals surface area contributed by atoms with Gasteiger partial charge in [-0.1, -0.05) is 49.7 Å². The lowest BCUT2D eigenvalue weighted by molar-refractivity contribution is -0.111. The molecule has 0 aliphatic heterocycles. The lowest BCUT2D eigenvalue weighted by Gasteiger charge is -2.08. The van der Waals surface area contributed by atoms with Crippen LogP contribution in [0.3, 0.4) is 0 Å². The van der Waals surface area contributed by atoms with Crippen LogP contribution in [0.4, 0.5) is 11.4 Å². The van der Waals surface area contributed by atoms with Crippen molar-refractivity contribution in [1.82, 2.24) is 9.78 Å². The number of nitrogens with zero attached hydrogens (tertiary/aromatic N) is 2. The summed E-state index contributed by atoms with van der Waals surface area (Å²) in [5.74, 6) is -0.754. The van der Waals surface area contributed by atoms with Crippen molar-refractivity contribution in [2.75, 3.05) is 10.6 Å². The molecule has 40 heavy (non-hydrogen) atoms. The molecule has 1 aromatic heterocycles. The van der Waals surface area contributed by atoms with E-state index in [2.05, 4.69) is 22.7 Å². The van der Waals surface area contributed by atoms with Crippen molar-refractivity contribution in [3.8, 4) is 5.75 Å². The number of nitrogens with one attached hydrogen (secondary N) is 2. The first-order valence-corrected chi connectivity index (χ1v) is 13.2. The van der Waals surface area contributed by atoms with Gasteiger partial charge in [-0.05, 0) is 68.8 Å². The topological polar surface area (TPSA) is 102 Å². The number of ether oxygens (including phenoxy) is 1. The van der Waals surface area contributed by atoms with Gasteiger partial charge in [0.25, 0.3) is 5.91 Å². The molecule has 0 radical (unpaired) electrons. The molecule has 4 rings (SSSR count). The van der Waals surface area contributed by atoms with Crippen LogP contribution in [0.15, 0.2) is 84.9 Å². The van der Waals surface area contributed by atoms with Gasteiger partial charge in [0.1, 0.15) is 5.75 Å². The van der Waals surface area contributed by atoms with E-state index in [1.165, 1.54) is 6.08 Å². The van der Waals surface area contributed by atoms with E-state index >= 15 is 0 Å². The van der Waals surface area contributed by atoms with Crippen molar-refractivity contribution in [1.29, 1.82) is 0 Å². The summed E-state index contributed by atoms with van der Waals surface area (Å²) >= 11 is 0. The van der Waals surface area contributed by atoms with Gasteiger partial charge >= 0.3 is 5.97 Å². The Bertz CT molecular complexity index is 1520. The van der Waals surface area contributed by atoms with E-state index in [9.17, 15) is 14.4 Å². The van der Waals surface area contributed by atoms with Crippen molar-refractivity contribution in [2.45, 2.75) is 40.2 Å². The molecule has 0 fully saturated rings. The Morgan fingerprint density at radius 1 is 0.875 bits per heavy atom. The van der Waals surface area contributed by atoms with Crippen molar-refractivity contribution in [2.24, 2.45) is 0 Å². The number of para-hydroxylation sites is 1. The second kappa shape index (κ2) is 13.2. The van der Waals surface area contributed by atoms with Crippen molar-refractivity contribution in [3.05, 3.63) is 113 Å². The smallest absolute Gasteiger partial charge is 0.343 e. The van der Waals surface area contributed by atoms with E-state index in [4.69, 9.17) is 4.74 Å². The van der Waals surface area contributed by atoms with E-state index in [1.54, 1.807) is 78.9 Å². The monoisotopic (exact) mass is 536 g/mol. The summed E-state index contributed by atoms with van der Waals surface area (Å²) in [5.41, 5.74) is 4.43. The van der Waals surface area contributed by atoms with E-state index in [0.29, 0.717) is 28.1 Å². The Balaban J connectivity index is 1.36. The summed E-state index contributed by atoms with van der Waals surface area (Å²) in [4.78, 5) is 37.8. The van der Waals surface area contributed by atoms with Gasteiger partial charge in [0, 0.05) is 29.4 Å². The molecule has 8 heteroatoms. The van der Waals surface area contributed by atoms with Crippen LogP contribution < -0.4 is 15.4 Å². The summed E-state index contributed by atoms with van der Waals surface area (Å²) in [6, 6.07) is 22.3. The molecule has 8 nitrogen and oxygen atoms in total. The van der Waals surface area contributed by atoms with E-state index in [1.807, 2.05) is 24.6 Å². The fraction of sp³-hybridized carbons (Fsp3) is 0.188. The molecular formula is C32H32N4O4. The van der Waals surface area contributed by atoms with Crippen LogP contribution in [-0.2, 0) is 11.3 Å². The maximum absolute atomic E-state index is 12.9. The average molecular weight is 537 g/mol. The molecule has 2 N–H and O–H groups in total. The zero-order valence-electron chi connectivity index (χ0n) is 22.8. The van der Waals surface area contributed by atoms with E-state index in [0.717, 1.165) is 36.5 Å². The maximum atomic E-state index is 12.9. The highest BCUT2D eigenvalue weighted by Crippen LogP contribution is 2.23. The number of aromatic nitrogens is 2. The van der Waals surface area contributed by atoms with Crippen molar-refractivity contribution < 1.29 is 19.1 Å². The van der Waals surface area contributed by atoms with Crippen LogP contribution in [0, 0.1) is 13.8 Å². The minimum atomic E-state index is -0.481. The second-order valence-corrected chi connectivity index (χ2v) is 9.27. The van der Waals surface area contributed by atoms with Gasteiger partial charge in [-0.3, -0.25) is 14.3 Å². The van der Waals surface area contributed by atoms with Crippen LogP contribution in [0.1, 0.15) is 57.4 Å². The molecule has 0 spiro atoms. The van der Waals surface area contributed by atoms with Gasteiger partial charge in [0.05, 0.1) is 22.6 Å². The van der Waals surface area contributed by atoms with E-state index < -0.39 is 5.97 Å². The molecule has 0 bridgehead atoms. The Morgan fingerprint density at radius 2 is 1.57 bits per heavy atom. The van der Waals surface area contributed by atoms with Crippen LogP contribution in [0.25, 0.3) is 6.08 Å². The predicted molar refractivity (Wildman–Crippen MR) is 157 cm³/mol. The summed E-state index contributed by atoms with van der Waals surface area (Å²) in [6.07, 6.45) is 5.02. The average Bonchev–Trinajstić information content (AvgIpc) is 3.23. The van der Waals surface area contributed by atoms with Gasteiger partial charge in [0.15, 0.2) is 0 Å². The van der Waals surface area contributed by atoms with Gasteiger partial charge < -0.3 is 15.4 Å². The first-order chi connectivity index (χ1) is 19.4. The van der Waals surface area contributed by atoms with E-state index in [-0.39, 0.29) is 11.8 Å². The third kappa shape index (κ3) is 7.11. The number of aryl methyl sites for hydroxylation is 2. The van der Waals surface area contributed by atoms with Crippen molar-refractivity contribution >= 4 is 35.2 Å². The SMILES string of the molecule is CCCCn1nc(C)c(NC(=O)c2ccc(NC(=O)/C=C/c3ccccc3OC(=O)c3ccccc3)cc2)c1C. The van der Waals surface area contributed by atoms with Crippen LogP contribution >= 0.6 is 0 Å². The zero-order chi connectivity index (χ0) is 28.5. The Kier molecular flexibility index (Phi) is 9.25. The zero-order valence-corrected chi connectivity index (χ0v) is 22.8. The minimum Gasteiger partial charge on any atom is -0.422 e. The third-order valence-electron chi connectivity index (χ3n) is 6.30. The van der Waals surface area contributed by atoms with Gasteiger partial charge in [0.2, 0.25) is 5.91 Å². The number of carbonyl (C=O) groups is 3. The minimum absolute atomic E-state index is 0.249. The highest BCUT2D eigenvalue weighted by molar-refractivity contribution is 6.06. The molecule has 2 amide bonds. The highest BCUT2D eigenvalue weighted by Gasteiger charge is 2.15. The lowest BCUT2D eigenvalue weighted by Crippen LogP contribution is -2.14. The molecule has 4 aromatic rings. The Labute approximate surface area is 233 Å². The molecule has 3 aromatic carbocycles. The molecule has 204 valence electrons. The molecule has 0 unspecified atom stereocenters. The molecule has 0 saturated carbocycles. The predicted octanol–water partition coefficient (Wildman–Crippen LogP) is 6.42. The normalized spacial score (nSPS) is 10.9. The molecule has 0 atom stereocenters. The fourth-order valence-electron chi connectivity index (χ4n) is 4.09. The summed E-state index contributed by atoms with van der Waals surface area (Å²) in [5, 5.41) is 10.3. The number of amides is 2. The van der Waals surface area contributed by atoms with Crippen LogP contribution in [0.2, 0.25) is 0 Å². The van der Waals surface area contributed by atoms with Crippen molar-refractivity contribution in [3.63, 3.8) is 0 Å². The third-order valence-corrected chi connectivity index (χ3v) is 6.30. The first kappa shape index (κ1) is 28.0. The number of esters is 1. The molecule has 1 heterocycles. The fourth-order valence-corrected chi connectivity index (χ4v) is 4.09. The number of carbonyl (C=O) groups excluding carboxylic acids is 3. The Hall–Kier alpha value is -4.98. The van der Waals surface area contributed by atoms with Crippen LogP contribution in [0.5, 0.6) is 5.75 Å². The summed E-state index contributed by atoms with van der Waals surface area (Å²) in [7, 11) is 0. The van der Waals surface area contributed by atoms with Crippen LogP contribution in [-0.4, -0.2) is 27.6 Å². The highest BCUT2D eigenvalue weighted by atomic mass is 16.5. The number of anilines is 2. The largest absolute Gasteiger partial charge is 0.422 e.